The average Bonchev–Trinajstić information content (AvgIpc) is 2.67. The molecule has 114 valence electrons. The molecule has 0 spiro atoms. The zero-order valence-corrected chi connectivity index (χ0v) is 12.7. The van der Waals surface area contributed by atoms with Crippen molar-refractivity contribution < 1.29 is 19.6 Å². The monoisotopic (exact) mass is 338 g/mol. The Hall–Kier alpha value is -2.00. The van der Waals surface area contributed by atoms with Crippen molar-refractivity contribution in [3.8, 4) is 0 Å². The molecule has 2 aliphatic rings. The van der Waals surface area contributed by atoms with Gasteiger partial charge in [-0.3, -0.25) is 14.9 Å². The topological polar surface area (TPSA) is 101 Å². The first kappa shape index (κ1) is 14.9. The van der Waals surface area contributed by atoms with Gasteiger partial charge >= 0.3 is 5.97 Å². The van der Waals surface area contributed by atoms with Crippen LogP contribution in [0.4, 0.5) is 5.69 Å². The lowest BCUT2D eigenvalue weighted by molar-refractivity contribution is -0.384. The number of nitro benzene ring substituents is 1. The summed E-state index contributed by atoms with van der Waals surface area (Å²) in [6.07, 6.45) is 0.300. The molecule has 2 atom stereocenters. The van der Waals surface area contributed by atoms with E-state index in [1.54, 1.807) is 0 Å². The molecule has 2 fully saturated rings. The molecule has 7 nitrogen and oxygen atoms in total. The Kier molecular flexibility index (Phi) is 3.41. The van der Waals surface area contributed by atoms with Crippen LogP contribution in [0.1, 0.15) is 12.0 Å². The Labute approximate surface area is 134 Å². The van der Waals surface area contributed by atoms with Gasteiger partial charge < -0.3 is 10.0 Å². The predicted molar refractivity (Wildman–Crippen MR) is 82.6 cm³/mol. The van der Waals surface area contributed by atoms with Crippen LogP contribution >= 0.6 is 24.0 Å². The van der Waals surface area contributed by atoms with Gasteiger partial charge in [0.1, 0.15) is 0 Å². The molecule has 3 rings (SSSR count). The van der Waals surface area contributed by atoms with Crippen LogP contribution in [0.25, 0.3) is 0 Å². The molecule has 0 radical (unpaired) electrons. The first-order chi connectivity index (χ1) is 10.4. The van der Waals surface area contributed by atoms with E-state index in [4.69, 9.17) is 12.2 Å². The number of benzene rings is 1. The highest BCUT2D eigenvalue weighted by Crippen LogP contribution is 2.48. The third-order valence-corrected chi connectivity index (χ3v) is 5.69. The second-order valence-electron chi connectivity index (χ2n) is 5.09. The fraction of sp³-hybridized carbons (Fsp3) is 0.308. The van der Waals surface area contributed by atoms with Crippen LogP contribution in [-0.4, -0.2) is 41.9 Å². The molecule has 0 aliphatic carbocycles. The van der Waals surface area contributed by atoms with E-state index in [1.807, 2.05) is 0 Å². The molecule has 0 aromatic heterocycles. The van der Waals surface area contributed by atoms with Gasteiger partial charge in [-0.1, -0.05) is 36.1 Å². The van der Waals surface area contributed by atoms with Crippen molar-refractivity contribution in [1.82, 2.24) is 4.90 Å². The molecular formula is C13H10N2O5S2. The van der Waals surface area contributed by atoms with Crippen LogP contribution in [-0.2, 0) is 16.0 Å². The number of hydrogen-bond acceptors (Lipinski definition) is 6. The summed E-state index contributed by atoms with van der Waals surface area (Å²) >= 11 is 6.45. The maximum absolute atomic E-state index is 11.8. The molecule has 2 unspecified atom stereocenters. The third kappa shape index (κ3) is 2.00. The highest BCUT2D eigenvalue weighted by molar-refractivity contribution is 8.24. The minimum atomic E-state index is -1.55. The summed E-state index contributed by atoms with van der Waals surface area (Å²) in [6, 6.07) is 5.61. The quantitative estimate of drug-likeness (QED) is 0.385. The number of non-ortho nitro benzene ring substituents is 1. The Balaban J connectivity index is 1.95. The van der Waals surface area contributed by atoms with Gasteiger partial charge in [0.2, 0.25) is 5.91 Å². The largest absolute Gasteiger partial charge is 0.479 e. The molecule has 0 bridgehead atoms. The SMILES string of the molecule is O=C1CC2SC(=S)C(Cc3ccc([N+](=O)[O-])cc3)(C(=O)O)N12. The summed E-state index contributed by atoms with van der Waals surface area (Å²) < 4.78 is 0.259. The lowest BCUT2D eigenvalue weighted by Crippen LogP contribution is -2.64. The molecule has 1 aromatic rings. The maximum atomic E-state index is 11.8. The number of rotatable bonds is 4. The van der Waals surface area contributed by atoms with Gasteiger partial charge in [0.25, 0.3) is 5.69 Å². The number of fused-ring (bicyclic) bond motifs is 1. The Morgan fingerprint density at radius 2 is 2.14 bits per heavy atom. The number of aliphatic carboxylic acids is 1. The van der Waals surface area contributed by atoms with Crippen molar-refractivity contribution in [3.05, 3.63) is 39.9 Å². The van der Waals surface area contributed by atoms with E-state index in [1.165, 1.54) is 40.9 Å². The van der Waals surface area contributed by atoms with Gasteiger partial charge in [-0.15, -0.1) is 0 Å². The van der Waals surface area contributed by atoms with Gasteiger partial charge in [0.05, 0.1) is 20.9 Å². The summed E-state index contributed by atoms with van der Waals surface area (Å²) in [6.45, 7) is 0. The van der Waals surface area contributed by atoms with E-state index in [9.17, 15) is 24.8 Å². The van der Waals surface area contributed by atoms with Crippen LogP contribution < -0.4 is 0 Å². The van der Waals surface area contributed by atoms with Crippen molar-refractivity contribution in [3.63, 3.8) is 0 Å². The first-order valence-electron chi connectivity index (χ1n) is 6.36. The fourth-order valence-electron chi connectivity index (χ4n) is 2.71. The highest BCUT2D eigenvalue weighted by atomic mass is 32.2. The highest BCUT2D eigenvalue weighted by Gasteiger charge is 2.63. The Morgan fingerprint density at radius 1 is 1.50 bits per heavy atom. The summed E-state index contributed by atoms with van der Waals surface area (Å²) in [5.41, 5.74) is -1.04. The molecule has 9 heteroatoms. The van der Waals surface area contributed by atoms with Crippen LogP contribution in [0.3, 0.4) is 0 Å². The van der Waals surface area contributed by atoms with Crippen LogP contribution in [0.15, 0.2) is 24.3 Å². The molecule has 1 aromatic carbocycles. The third-order valence-electron chi connectivity index (χ3n) is 3.86. The number of hydrogen-bond donors (Lipinski definition) is 1. The molecule has 1 N–H and O–H groups in total. The number of thiocarbonyl (C=S) groups is 1. The summed E-state index contributed by atoms with van der Waals surface area (Å²) in [5.74, 6) is -1.40. The van der Waals surface area contributed by atoms with Crippen LogP contribution in [0.2, 0.25) is 0 Å². The normalized spacial score (nSPS) is 26.5. The second kappa shape index (κ2) is 5.03. The van der Waals surface area contributed by atoms with E-state index in [0.29, 0.717) is 12.0 Å². The molecule has 1 amide bonds. The number of thioether (sulfide) groups is 1. The average molecular weight is 338 g/mol. The number of nitro groups is 1. The van der Waals surface area contributed by atoms with E-state index < -0.39 is 16.4 Å². The summed E-state index contributed by atoms with van der Waals surface area (Å²) in [4.78, 5) is 35.1. The molecule has 0 saturated carbocycles. The number of nitrogens with zero attached hydrogens (tertiary/aromatic N) is 2. The van der Waals surface area contributed by atoms with Crippen molar-refractivity contribution >= 4 is 45.7 Å². The predicted octanol–water partition coefficient (Wildman–Crippen LogP) is 1.59. The standard InChI is InChI=1S/C13H10N2O5S2/c16-9-5-10-14(9)13(11(17)18,12(21)22-10)6-7-1-3-8(4-2-7)15(19)20/h1-4,10H,5-6H2,(H,17,18). The van der Waals surface area contributed by atoms with Gasteiger partial charge in [-0.25, -0.2) is 4.79 Å². The summed E-state index contributed by atoms with van der Waals surface area (Å²) in [5, 5.41) is 20.1. The number of β-lactam (4-membered cyclic amide) rings is 1. The molecule has 22 heavy (non-hydrogen) atoms. The van der Waals surface area contributed by atoms with Crippen molar-refractivity contribution in [2.24, 2.45) is 0 Å². The van der Waals surface area contributed by atoms with E-state index in [2.05, 4.69) is 0 Å². The Bertz CT molecular complexity index is 705. The van der Waals surface area contributed by atoms with Crippen LogP contribution in [0.5, 0.6) is 0 Å². The van der Waals surface area contributed by atoms with E-state index in [0.717, 1.165) is 0 Å². The zero-order chi connectivity index (χ0) is 16.1. The van der Waals surface area contributed by atoms with Gasteiger partial charge in [-0.05, 0) is 5.56 Å². The smallest absolute Gasteiger partial charge is 0.336 e. The van der Waals surface area contributed by atoms with Crippen LogP contribution in [0, 0.1) is 10.1 Å². The van der Waals surface area contributed by atoms with Gasteiger partial charge in [0, 0.05) is 18.6 Å². The summed E-state index contributed by atoms with van der Waals surface area (Å²) in [7, 11) is 0. The first-order valence-corrected chi connectivity index (χ1v) is 7.65. The minimum Gasteiger partial charge on any atom is -0.479 e. The Morgan fingerprint density at radius 3 is 2.64 bits per heavy atom. The van der Waals surface area contributed by atoms with Crippen molar-refractivity contribution in [1.29, 1.82) is 0 Å². The number of carboxylic acid groups (broad SMARTS) is 1. The van der Waals surface area contributed by atoms with Gasteiger partial charge in [0.15, 0.2) is 5.54 Å². The van der Waals surface area contributed by atoms with E-state index >= 15 is 0 Å². The second-order valence-corrected chi connectivity index (χ2v) is 6.95. The lowest BCUT2D eigenvalue weighted by atomic mass is 9.88. The molecule has 2 aliphatic heterocycles. The number of carboxylic acids is 1. The minimum absolute atomic E-state index is 0.00833. The maximum Gasteiger partial charge on any atom is 0.336 e. The number of carbonyl (C=O) groups excluding carboxylic acids is 1. The van der Waals surface area contributed by atoms with E-state index in [-0.39, 0.29) is 27.6 Å². The van der Waals surface area contributed by atoms with Gasteiger partial charge in [-0.2, -0.15) is 0 Å². The molecule has 2 saturated heterocycles. The van der Waals surface area contributed by atoms with Crippen molar-refractivity contribution in [2.45, 2.75) is 23.8 Å². The number of amides is 1. The lowest BCUT2D eigenvalue weighted by Gasteiger charge is -2.42. The zero-order valence-electron chi connectivity index (χ0n) is 11.1. The van der Waals surface area contributed by atoms with Crippen molar-refractivity contribution in [2.75, 3.05) is 0 Å². The fourth-order valence-corrected chi connectivity index (χ4v) is 4.63. The number of carbonyl (C=O) groups is 2. The molecular weight excluding hydrogens is 328 g/mol. The molecule has 2 heterocycles.